The van der Waals surface area contributed by atoms with Gasteiger partial charge >= 0.3 is 0 Å². The highest BCUT2D eigenvalue weighted by Gasteiger charge is 2.28. The molecule has 0 spiro atoms. The molecule has 1 aliphatic rings. The van der Waals surface area contributed by atoms with Crippen LogP contribution in [0, 0.1) is 47.5 Å². The van der Waals surface area contributed by atoms with E-state index >= 15 is 0 Å². The summed E-state index contributed by atoms with van der Waals surface area (Å²) in [6, 6.07) is 1.54. The second-order valence-electron chi connectivity index (χ2n) is 5.79. The van der Waals surface area contributed by atoms with Crippen molar-refractivity contribution in [1.29, 1.82) is 0 Å². The Balaban J connectivity index is 2.08. The molecule has 0 bridgehead atoms. The molecule has 1 saturated carbocycles. The lowest BCUT2D eigenvalue weighted by Gasteiger charge is -2.31. The van der Waals surface area contributed by atoms with E-state index in [0.717, 1.165) is 31.7 Å². The molecule has 4 heteroatoms. The second kappa shape index (κ2) is 7.00. The summed E-state index contributed by atoms with van der Waals surface area (Å²) in [5.74, 6) is 0.0207. The van der Waals surface area contributed by atoms with Crippen LogP contribution in [0.1, 0.15) is 31.2 Å². The van der Waals surface area contributed by atoms with Crippen molar-refractivity contribution < 1.29 is 18.3 Å². The normalized spacial score (nSPS) is 23.6. The van der Waals surface area contributed by atoms with Crippen molar-refractivity contribution in [1.82, 2.24) is 0 Å². The van der Waals surface area contributed by atoms with E-state index in [2.05, 4.69) is 5.92 Å². The molecule has 1 unspecified atom stereocenters. The minimum Gasteiger partial charge on any atom is -0.396 e. The number of rotatable bonds is 4. The Morgan fingerprint density at radius 2 is 1.86 bits per heavy atom. The second-order valence-corrected chi connectivity index (χ2v) is 5.79. The topological polar surface area (TPSA) is 20.2 Å². The van der Waals surface area contributed by atoms with Gasteiger partial charge in [0, 0.05) is 18.6 Å². The molecule has 1 aliphatic carbocycles. The van der Waals surface area contributed by atoms with E-state index in [4.69, 9.17) is 6.42 Å². The van der Waals surface area contributed by atoms with E-state index in [9.17, 15) is 18.3 Å². The van der Waals surface area contributed by atoms with Crippen molar-refractivity contribution in [2.24, 2.45) is 17.8 Å². The van der Waals surface area contributed by atoms with E-state index < -0.39 is 17.5 Å². The van der Waals surface area contributed by atoms with Gasteiger partial charge in [0.15, 0.2) is 11.6 Å². The lowest BCUT2D eigenvalue weighted by atomic mass is 9.74. The molecular weight excluding hydrogens is 277 g/mol. The van der Waals surface area contributed by atoms with Crippen LogP contribution < -0.4 is 0 Å². The summed E-state index contributed by atoms with van der Waals surface area (Å²) in [5.41, 5.74) is -0.00868. The van der Waals surface area contributed by atoms with Crippen LogP contribution in [0.5, 0.6) is 0 Å². The summed E-state index contributed by atoms with van der Waals surface area (Å²) in [6.45, 7) is -0.122. The van der Waals surface area contributed by atoms with Crippen LogP contribution in [0.25, 0.3) is 0 Å². The minimum absolute atomic E-state index is 0.00868. The van der Waals surface area contributed by atoms with Gasteiger partial charge in [0.2, 0.25) is 0 Å². The Kier molecular flexibility index (Phi) is 5.30. The molecule has 0 amide bonds. The average molecular weight is 296 g/mol. The Morgan fingerprint density at radius 1 is 1.19 bits per heavy atom. The fourth-order valence-corrected chi connectivity index (χ4v) is 3.18. The summed E-state index contributed by atoms with van der Waals surface area (Å²) in [4.78, 5) is 0. The highest BCUT2D eigenvalue weighted by molar-refractivity contribution is 5.21. The van der Waals surface area contributed by atoms with E-state index in [1.165, 1.54) is 0 Å². The molecule has 0 saturated heterocycles. The van der Waals surface area contributed by atoms with Crippen LogP contribution >= 0.6 is 0 Å². The van der Waals surface area contributed by atoms with Gasteiger partial charge in [-0.25, -0.2) is 13.2 Å². The quantitative estimate of drug-likeness (QED) is 0.663. The molecule has 0 radical (unpaired) electrons. The smallest absolute Gasteiger partial charge is 0.162 e. The number of halogens is 3. The predicted octanol–water partition coefficient (Wildman–Crippen LogP) is 3.69. The summed E-state index contributed by atoms with van der Waals surface area (Å²) in [7, 11) is 0. The van der Waals surface area contributed by atoms with Crippen LogP contribution in [-0.2, 0) is 6.42 Å². The molecule has 0 heterocycles. The van der Waals surface area contributed by atoms with Crippen LogP contribution in [0.2, 0.25) is 0 Å². The zero-order chi connectivity index (χ0) is 15.4. The summed E-state index contributed by atoms with van der Waals surface area (Å²) >= 11 is 0. The maximum Gasteiger partial charge on any atom is 0.162 e. The highest BCUT2D eigenvalue weighted by atomic mass is 19.2. The third-order valence-electron chi connectivity index (χ3n) is 4.46. The van der Waals surface area contributed by atoms with Gasteiger partial charge in [-0.3, -0.25) is 0 Å². The van der Waals surface area contributed by atoms with Gasteiger partial charge in [-0.15, -0.1) is 12.3 Å². The molecule has 0 aromatic heterocycles. The van der Waals surface area contributed by atoms with Crippen LogP contribution in [-0.4, -0.2) is 11.7 Å². The number of aliphatic hydroxyl groups excluding tert-OH is 1. The predicted molar refractivity (Wildman–Crippen MR) is 74.9 cm³/mol. The van der Waals surface area contributed by atoms with Crippen LogP contribution in [0.4, 0.5) is 13.2 Å². The molecule has 21 heavy (non-hydrogen) atoms. The Bertz CT molecular complexity index is 528. The summed E-state index contributed by atoms with van der Waals surface area (Å²) in [5, 5.41) is 9.54. The van der Waals surface area contributed by atoms with Gasteiger partial charge in [0.25, 0.3) is 0 Å². The number of hydrogen-bond acceptors (Lipinski definition) is 1. The summed E-state index contributed by atoms with van der Waals surface area (Å²) in [6.07, 6.45) is 9.04. The lowest BCUT2D eigenvalue weighted by Crippen LogP contribution is -2.26. The Hall–Kier alpha value is -1.47. The van der Waals surface area contributed by atoms with Crippen molar-refractivity contribution in [3.8, 4) is 12.3 Å². The standard InChI is InChI=1S/C17H19F3O/c1-2-11-3-5-12(6-4-11)14(10-21)7-13-8-15(18)9-16(19)17(13)20/h1,8-9,11-12,14,21H,3-7,10H2. The van der Waals surface area contributed by atoms with Gasteiger partial charge in [0.05, 0.1) is 0 Å². The maximum atomic E-state index is 13.7. The first-order valence-electron chi connectivity index (χ1n) is 7.25. The maximum absolute atomic E-state index is 13.7. The molecule has 1 N–H and O–H groups in total. The van der Waals surface area contributed by atoms with Crippen molar-refractivity contribution in [2.45, 2.75) is 32.1 Å². The van der Waals surface area contributed by atoms with Gasteiger partial charge in [-0.1, -0.05) is 0 Å². The molecule has 2 rings (SSSR count). The molecule has 1 aromatic rings. The van der Waals surface area contributed by atoms with Gasteiger partial charge in [-0.05, 0) is 55.6 Å². The molecule has 1 aromatic carbocycles. The molecule has 0 aliphatic heterocycles. The third kappa shape index (κ3) is 3.79. The minimum atomic E-state index is -1.18. The van der Waals surface area contributed by atoms with Crippen LogP contribution in [0.3, 0.4) is 0 Å². The first kappa shape index (κ1) is 15.9. The highest BCUT2D eigenvalue weighted by Crippen LogP contribution is 2.35. The first-order valence-corrected chi connectivity index (χ1v) is 7.25. The Morgan fingerprint density at radius 3 is 2.43 bits per heavy atom. The molecule has 114 valence electrons. The number of benzene rings is 1. The van der Waals surface area contributed by atoms with Gasteiger partial charge < -0.3 is 5.11 Å². The average Bonchev–Trinajstić information content (AvgIpc) is 2.49. The fourth-order valence-electron chi connectivity index (χ4n) is 3.18. The zero-order valence-electron chi connectivity index (χ0n) is 11.8. The molecule has 1 fully saturated rings. The van der Waals surface area contributed by atoms with Crippen LogP contribution in [0.15, 0.2) is 12.1 Å². The Labute approximate surface area is 123 Å². The lowest BCUT2D eigenvalue weighted by molar-refractivity contribution is 0.138. The van der Waals surface area contributed by atoms with Crippen molar-refractivity contribution in [3.05, 3.63) is 35.1 Å². The van der Waals surface area contributed by atoms with Crippen molar-refractivity contribution in [2.75, 3.05) is 6.61 Å². The molecule has 1 nitrogen and oxygen atoms in total. The number of aliphatic hydroxyl groups is 1. The van der Waals surface area contributed by atoms with Crippen molar-refractivity contribution in [3.63, 3.8) is 0 Å². The van der Waals surface area contributed by atoms with E-state index in [1.807, 2.05) is 0 Å². The van der Waals surface area contributed by atoms with E-state index in [1.54, 1.807) is 0 Å². The first-order chi connectivity index (χ1) is 10.0. The van der Waals surface area contributed by atoms with Gasteiger partial charge in [-0.2, -0.15) is 0 Å². The monoisotopic (exact) mass is 296 g/mol. The number of terminal acetylenes is 1. The third-order valence-corrected chi connectivity index (χ3v) is 4.46. The molecule has 1 atom stereocenters. The zero-order valence-corrected chi connectivity index (χ0v) is 11.8. The SMILES string of the molecule is C#CC1CCC(C(CO)Cc2cc(F)cc(F)c2F)CC1. The van der Waals surface area contributed by atoms with Gasteiger partial charge in [0.1, 0.15) is 5.82 Å². The van der Waals surface area contributed by atoms with Crippen molar-refractivity contribution >= 4 is 0 Å². The number of hydrogen-bond donors (Lipinski definition) is 1. The summed E-state index contributed by atoms with van der Waals surface area (Å²) < 4.78 is 40.2. The van der Waals surface area contributed by atoms with E-state index in [-0.39, 0.29) is 36.3 Å². The molecular formula is C17H19F3O. The fraction of sp³-hybridized carbons (Fsp3) is 0.529. The van der Waals surface area contributed by atoms with E-state index in [0.29, 0.717) is 6.07 Å². The largest absolute Gasteiger partial charge is 0.396 e.